The third-order valence-corrected chi connectivity index (χ3v) is 2.00. The van der Waals surface area contributed by atoms with Gasteiger partial charge in [0.05, 0.1) is 6.07 Å². The van der Waals surface area contributed by atoms with E-state index in [0.717, 1.165) is 5.56 Å². The molecule has 0 atom stereocenters. The second kappa shape index (κ2) is 3.93. The maximum Gasteiger partial charge on any atom is 0.247 e. The zero-order chi connectivity index (χ0) is 10.7. The van der Waals surface area contributed by atoms with E-state index >= 15 is 0 Å². The molecule has 4 heteroatoms. The summed E-state index contributed by atoms with van der Waals surface area (Å²) >= 11 is 0. The van der Waals surface area contributed by atoms with Crippen LogP contribution < -0.4 is 0 Å². The molecule has 0 saturated carbocycles. The van der Waals surface area contributed by atoms with Crippen LogP contribution in [0.1, 0.15) is 11.5 Å². The molecule has 0 amide bonds. The quantitative estimate of drug-likeness (QED) is 0.743. The molecule has 1 aromatic carbocycles. The summed E-state index contributed by atoms with van der Waals surface area (Å²) in [5.41, 5.74) is 2.05. The molecule has 0 fully saturated rings. The first-order valence-electron chi connectivity index (χ1n) is 4.56. The van der Waals surface area contributed by atoms with Crippen LogP contribution >= 0.6 is 0 Å². The molecule has 2 rings (SSSR count). The van der Waals surface area contributed by atoms with Gasteiger partial charge in [0.15, 0.2) is 0 Å². The molecule has 0 bridgehead atoms. The minimum absolute atomic E-state index is 0.152. The van der Waals surface area contributed by atoms with E-state index in [2.05, 4.69) is 10.2 Å². The molecule has 4 nitrogen and oxygen atoms in total. The van der Waals surface area contributed by atoms with Gasteiger partial charge < -0.3 is 4.42 Å². The zero-order valence-corrected chi connectivity index (χ0v) is 8.27. The van der Waals surface area contributed by atoms with Crippen LogP contribution in [-0.4, -0.2) is 10.2 Å². The number of aromatic nitrogens is 2. The van der Waals surface area contributed by atoms with Crippen LogP contribution in [-0.2, 0) is 6.42 Å². The molecular formula is C11H9N3O. The largest absolute Gasteiger partial charge is 0.420 e. The van der Waals surface area contributed by atoms with Crippen LogP contribution in [0.25, 0.3) is 11.5 Å². The summed E-state index contributed by atoms with van der Waals surface area (Å²) in [6.07, 6.45) is 0.152. The highest BCUT2D eigenvalue weighted by molar-refractivity contribution is 5.52. The Hall–Kier alpha value is -2.15. The predicted octanol–water partition coefficient (Wildman–Crippen LogP) is 2.11. The number of hydrogen-bond acceptors (Lipinski definition) is 4. The number of nitrogens with zero attached hydrogens (tertiary/aromatic N) is 3. The van der Waals surface area contributed by atoms with Crippen molar-refractivity contribution in [3.05, 3.63) is 35.7 Å². The van der Waals surface area contributed by atoms with Crippen LogP contribution in [0, 0.1) is 18.3 Å². The van der Waals surface area contributed by atoms with Crippen molar-refractivity contribution in [3.63, 3.8) is 0 Å². The van der Waals surface area contributed by atoms with Crippen molar-refractivity contribution in [2.75, 3.05) is 0 Å². The Balaban J connectivity index is 2.30. The van der Waals surface area contributed by atoms with Crippen molar-refractivity contribution in [2.45, 2.75) is 13.3 Å². The fourth-order valence-corrected chi connectivity index (χ4v) is 1.21. The van der Waals surface area contributed by atoms with Crippen LogP contribution in [0.5, 0.6) is 0 Å². The first-order valence-corrected chi connectivity index (χ1v) is 4.56. The average Bonchev–Trinajstić information content (AvgIpc) is 2.68. The van der Waals surface area contributed by atoms with E-state index in [1.165, 1.54) is 5.56 Å². The second-order valence-corrected chi connectivity index (χ2v) is 3.20. The first-order chi connectivity index (χ1) is 7.29. The molecule has 0 spiro atoms. The van der Waals surface area contributed by atoms with Crippen molar-refractivity contribution >= 4 is 0 Å². The van der Waals surface area contributed by atoms with Crippen molar-refractivity contribution in [1.82, 2.24) is 10.2 Å². The SMILES string of the molecule is Cc1ccc(-c2nnc(CC#N)o2)cc1. The molecular weight excluding hydrogens is 190 g/mol. The summed E-state index contributed by atoms with van der Waals surface area (Å²) in [7, 11) is 0. The lowest BCUT2D eigenvalue weighted by Crippen LogP contribution is -1.78. The molecule has 2 aromatic rings. The zero-order valence-electron chi connectivity index (χ0n) is 8.27. The summed E-state index contributed by atoms with van der Waals surface area (Å²) in [6.45, 7) is 2.01. The van der Waals surface area contributed by atoms with E-state index in [4.69, 9.17) is 9.68 Å². The number of aryl methyl sites for hydroxylation is 1. The molecule has 0 aliphatic heterocycles. The molecule has 0 radical (unpaired) electrons. The number of rotatable bonds is 2. The van der Waals surface area contributed by atoms with Gasteiger partial charge in [0, 0.05) is 5.56 Å². The molecule has 0 N–H and O–H groups in total. The standard InChI is InChI=1S/C11H9N3O/c1-8-2-4-9(5-3-8)11-14-13-10(15-11)6-7-12/h2-5H,6H2,1H3. The number of nitriles is 1. The van der Waals surface area contributed by atoms with E-state index in [9.17, 15) is 0 Å². The van der Waals surface area contributed by atoms with E-state index in [1.54, 1.807) is 0 Å². The van der Waals surface area contributed by atoms with Crippen LogP contribution in [0.4, 0.5) is 0 Å². The predicted molar refractivity (Wildman–Crippen MR) is 53.8 cm³/mol. The molecule has 0 unspecified atom stereocenters. The topological polar surface area (TPSA) is 62.7 Å². The van der Waals surface area contributed by atoms with Gasteiger partial charge in [-0.3, -0.25) is 0 Å². The van der Waals surface area contributed by atoms with Gasteiger partial charge in [0.25, 0.3) is 0 Å². The summed E-state index contributed by atoms with van der Waals surface area (Å²) in [5.74, 6) is 0.813. The monoisotopic (exact) mass is 199 g/mol. The Morgan fingerprint density at radius 1 is 1.27 bits per heavy atom. The van der Waals surface area contributed by atoms with Crippen molar-refractivity contribution in [1.29, 1.82) is 5.26 Å². The highest BCUT2D eigenvalue weighted by Gasteiger charge is 2.07. The van der Waals surface area contributed by atoms with Gasteiger partial charge in [0.1, 0.15) is 6.42 Å². The van der Waals surface area contributed by atoms with Gasteiger partial charge in [-0.1, -0.05) is 17.7 Å². The molecule has 1 aromatic heterocycles. The van der Waals surface area contributed by atoms with Crippen molar-refractivity contribution < 1.29 is 4.42 Å². The fourth-order valence-electron chi connectivity index (χ4n) is 1.21. The summed E-state index contributed by atoms with van der Waals surface area (Å²) in [4.78, 5) is 0. The first kappa shape index (κ1) is 9.41. The van der Waals surface area contributed by atoms with E-state index in [0.29, 0.717) is 11.8 Å². The lowest BCUT2D eigenvalue weighted by Gasteiger charge is -1.94. The highest BCUT2D eigenvalue weighted by Crippen LogP contribution is 2.18. The second-order valence-electron chi connectivity index (χ2n) is 3.20. The molecule has 0 aliphatic carbocycles. The smallest absolute Gasteiger partial charge is 0.247 e. The number of benzene rings is 1. The lowest BCUT2D eigenvalue weighted by atomic mass is 10.1. The molecule has 15 heavy (non-hydrogen) atoms. The molecule has 0 saturated heterocycles. The maximum atomic E-state index is 8.46. The Labute approximate surface area is 87.2 Å². The maximum absolute atomic E-state index is 8.46. The highest BCUT2D eigenvalue weighted by atomic mass is 16.4. The van der Waals surface area contributed by atoms with Gasteiger partial charge in [0.2, 0.25) is 11.8 Å². The van der Waals surface area contributed by atoms with Crippen molar-refractivity contribution in [2.24, 2.45) is 0 Å². The van der Waals surface area contributed by atoms with Gasteiger partial charge in [-0.2, -0.15) is 5.26 Å². The normalized spacial score (nSPS) is 9.87. The summed E-state index contributed by atoms with van der Waals surface area (Å²) in [6, 6.07) is 9.74. The lowest BCUT2D eigenvalue weighted by molar-refractivity contribution is 0.522. The van der Waals surface area contributed by atoms with E-state index in [-0.39, 0.29) is 6.42 Å². The van der Waals surface area contributed by atoms with Gasteiger partial charge in [-0.05, 0) is 19.1 Å². The van der Waals surface area contributed by atoms with E-state index in [1.807, 2.05) is 37.3 Å². The van der Waals surface area contributed by atoms with Gasteiger partial charge >= 0.3 is 0 Å². The Bertz CT molecular complexity index is 493. The third-order valence-electron chi connectivity index (χ3n) is 2.00. The minimum Gasteiger partial charge on any atom is -0.420 e. The van der Waals surface area contributed by atoms with Crippen LogP contribution in [0.15, 0.2) is 28.7 Å². The van der Waals surface area contributed by atoms with Crippen molar-refractivity contribution in [3.8, 4) is 17.5 Å². The fraction of sp³-hybridized carbons (Fsp3) is 0.182. The molecule has 74 valence electrons. The van der Waals surface area contributed by atoms with Crippen LogP contribution in [0.2, 0.25) is 0 Å². The molecule has 1 heterocycles. The Morgan fingerprint density at radius 2 is 2.00 bits per heavy atom. The summed E-state index contributed by atoms with van der Waals surface area (Å²) < 4.78 is 5.31. The molecule has 0 aliphatic rings. The third kappa shape index (κ3) is 2.02. The van der Waals surface area contributed by atoms with Crippen LogP contribution in [0.3, 0.4) is 0 Å². The van der Waals surface area contributed by atoms with Gasteiger partial charge in [-0.25, -0.2) is 0 Å². The Kier molecular flexibility index (Phi) is 2.46. The number of hydrogen-bond donors (Lipinski definition) is 0. The Morgan fingerprint density at radius 3 is 2.67 bits per heavy atom. The summed E-state index contributed by atoms with van der Waals surface area (Å²) in [5, 5.41) is 16.1. The van der Waals surface area contributed by atoms with E-state index < -0.39 is 0 Å². The minimum atomic E-state index is 0.152. The van der Waals surface area contributed by atoms with Gasteiger partial charge in [-0.15, -0.1) is 10.2 Å². The average molecular weight is 199 g/mol.